The number of nitrogens with zero attached hydrogens (tertiary/aromatic N) is 4. The van der Waals surface area contributed by atoms with E-state index in [0.29, 0.717) is 31.3 Å². The van der Waals surface area contributed by atoms with Crippen LogP contribution < -0.4 is 16.0 Å². The van der Waals surface area contributed by atoms with Crippen molar-refractivity contribution >= 4 is 23.6 Å². The number of hydrogen-bond acceptors (Lipinski definition) is 8. The summed E-state index contributed by atoms with van der Waals surface area (Å²) in [4.78, 5) is 22.8. The number of aromatic amines is 1. The molecule has 9 heteroatoms. The predicted octanol–water partition coefficient (Wildman–Crippen LogP) is 0.578. The SMILES string of the molecule is COC(=O)[C@H]1C[C@@H](N)CN(c2nc(C)cc(Nc3ccn[nH]3)n2)C1. The highest BCUT2D eigenvalue weighted by Crippen LogP contribution is 2.23. The van der Waals surface area contributed by atoms with Crippen molar-refractivity contribution in [3.63, 3.8) is 0 Å². The molecule has 128 valence electrons. The number of aromatic nitrogens is 4. The first-order valence-electron chi connectivity index (χ1n) is 7.75. The van der Waals surface area contributed by atoms with Crippen molar-refractivity contribution in [3.8, 4) is 0 Å². The number of H-pyrrole nitrogens is 1. The number of carbonyl (C=O) groups excluding carboxylic acids is 1. The molecule has 3 rings (SSSR count). The zero-order valence-corrected chi connectivity index (χ0v) is 13.7. The van der Waals surface area contributed by atoms with Crippen molar-refractivity contribution in [3.05, 3.63) is 24.0 Å². The van der Waals surface area contributed by atoms with Gasteiger partial charge in [-0.25, -0.2) is 4.98 Å². The fraction of sp³-hybridized carbons (Fsp3) is 0.467. The van der Waals surface area contributed by atoms with Crippen LogP contribution in [-0.2, 0) is 9.53 Å². The first-order valence-corrected chi connectivity index (χ1v) is 7.75. The molecule has 0 aromatic carbocycles. The normalized spacial score (nSPS) is 20.7. The van der Waals surface area contributed by atoms with Crippen LogP contribution in [0.5, 0.6) is 0 Å². The van der Waals surface area contributed by atoms with Gasteiger partial charge < -0.3 is 20.7 Å². The molecule has 3 heterocycles. The van der Waals surface area contributed by atoms with Crippen molar-refractivity contribution in [1.29, 1.82) is 0 Å². The summed E-state index contributed by atoms with van der Waals surface area (Å²) >= 11 is 0. The van der Waals surface area contributed by atoms with Gasteiger partial charge in [0.2, 0.25) is 5.95 Å². The molecule has 1 saturated heterocycles. The van der Waals surface area contributed by atoms with Crippen LogP contribution in [0, 0.1) is 12.8 Å². The molecule has 9 nitrogen and oxygen atoms in total. The Bertz CT molecular complexity index is 704. The number of rotatable bonds is 4. The lowest BCUT2D eigenvalue weighted by Gasteiger charge is -2.35. The summed E-state index contributed by atoms with van der Waals surface area (Å²) in [6, 6.07) is 3.52. The Kier molecular flexibility index (Phi) is 4.61. The summed E-state index contributed by atoms with van der Waals surface area (Å²) in [6.07, 6.45) is 2.26. The van der Waals surface area contributed by atoms with Gasteiger partial charge in [0.15, 0.2) is 0 Å². The monoisotopic (exact) mass is 331 g/mol. The second kappa shape index (κ2) is 6.83. The second-order valence-corrected chi connectivity index (χ2v) is 5.91. The van der Waals surface area contributed by atoms with E-state index in [2.05, 4.69) is 25.5 Å². The number of aryl methyl sites for hydroxylation is 1. The first kappa shape index (κ1) is 16.2. The topological polar surface area (TPSA) is 122 Å². The van der Waals surface area contributed by atoms with Crippen molar-refractivity contribution < 1.29 is 9.53 Å². The first-order chi connectivity index (χ1) is 11.5. The van der Waals surface area contributed by atoms with Crippen LogP contribution in [0.25, 0.3) is 0 Å². The van der Waals surface area contributed by atoms with Gasteiger partial charge in [-0.1, -0.05) is 0 Å². The lowest BCUT2D eigenvalue weighted by molar-refractivity contribution is -0.145. The number of hydrogen-bond donors (Lipinski definition) is 3. The minimum absolute atomic E-state index is 0.129. The Morgan fingerprint density at radius 2 is 2.29 bits per heavy atom. The molecule has 1 aliphatic rings. The maximum Gasteiger partial charge on any atom is 0.310 e. The predicted molar refractivity (Wildman–Crippen MR) is 89.0 cm³/mol. The number of anilines is 3. The van der Waals surface area contributed by atoms with E-state index in [-0.39, 0.29) is 17.9 Å². The minimum Gasteiger partial charge on any atom is -0.469 e. The van der Waals surface area contributed by atoms with E-state index < -0.39 is 0 Å². The number of ether oxygens (including phenoxy) is 1. The summed E-state index contributed by atoms with van der Waals surface area (Å²) in [5.41, 5.74) is 6.91. The van der Waals surface area contributed by atoms with Crippen LogP contribution in [-0.4, -0.2) is 52.4 Å². The van der Waals surface area contributed by atoms with Crippen LogP contribution in [0.3, 0.4) is 0 Å². The van der Waals surface area contributed by atoms with Crippen LogP contribution in [0.2, 0.25) is 0 Å². The van der Waals surface area contributed by atoms with Crippen molar-refractivity contribution in [2.24, 2.45) is 11.7 Å². The van der Waals surface area contributed by atoms with E-state index in [1.807, 2.05) is 17.9 Å². The highest BCUT2D eigenvalue weighted by molar-refractivity contribution is 5.73. The number of methoxy groups -OCH3 is 1. The molecular weight excluding hydrogens is 310 g/mol. The lowest BCUT2D eigenvalue weighted by Crippen LogP contribution is -2.50. The standard InChI is InChI=1S/C15H21N7O2/c1-9-5-13(19-12-3-4-17-21-12)20-15(18-9)22-7-10(14(23)24-2)6-11(16)8-22/h3-5,10-11H,6-8,16H2,1-2H3,(H2,17,18,19,20,21)/t10-,11+/m0/s1. The Hall–Kier alpha value is -2.68. The van der Waals surface area contributed by atoms with Gasteiger partial charge in [-0.15, -0.1) is 0 Å². The third-order valence-corrected chi connectivity index (χ3v) is 3.91. The quantitative estimate of drug-likeness (QED) is 0.695. The van der Waals surface area contributed by atoms with Gasteiger partial charge in [0.1, 0.15) is 11.6 Å². The summed E-state index contributed by atoms with van der Waals surface area (Å²) in [5, 5.41) is 9.86. The van der Waals surface area contributed by atoms with E-state index >= 15 is 0 Å². The molecule has 0 radical (unpaired) electrons. The van der Waals surface area contributed by atoms with E-state index in [9.17, 15) is 4.79 Å². The average molecular weight is 331 g/mol. The molecule has 0 bridgehead atoms. The number of piperidine rings is 1. The third-order valence-electron chi connectivity index (χ3n) is 3.91. The number of nitrogens with two attached hydrogens (primary N) is 1. The molecule has 2 aromatic heterocycles. The maximum absolute atomic E-state index is 11.9. The molecule has 0 unspecified atom stereocenters. The van der Waals surface area contributed by atoms with Crippen LogP contribution in [0.15, 0.2) is 18.3 Å². The van der Waals surface area contributed by atoms with Crippen LogP contribution >= 0.6 is 0 Å². The number of nitrogens with one attached hydrogen (secondary N) is 2. The third kappa shape index (κ3) is 3.62. The Morgan fingerprint density at radius 3 is 3.00 bits per heavy atom. The lowest BCUT2D eigenvalue weighted by atomic mass is 9.95. The maximum atomic E-state index is 11.9. The van der Waals surface area contributed by atoms with Gasteiger partial charge in [-0.3, -0.25) is 9.89 Å². The molecule has 1 aliphatic heterocycles. The van der Waals surface area contributed by atoms with E-state index in [0.717, 1.165) is 11.5 Å². The summed E-state index contributed by atoms with van der Waals surface area (Å²) in [7, 11) is 1.39. The molecule has 2 aromatic rings. The fourth-order valence-electron chi connectivity index (χ4n) is 2.86. The molecule has 24 heavy (non-hydrogen) atoms. The van der Waals surface area contributed by atoms with Crippen LogP contribution in [0.4, 0.5) is 17.6 Å². The van der Waals surface area contributed by atoms with Gasteiger partial charge in [-0.05, 0) is 13.3 Å². The van der Waals surface area contributed by atoms with Gasteiger partial charge in [0, 0.05) is 37.0 Å². The molecule has 0 saturated carbocycles. The highest BCUT2D eigenvalue weighted by Gasteiger charge is 2.32. The molecule has 1 fully saturated rings. The van der Waals surface area contributed by atoms with Gasteiger partial charge in [0.05, 0.1) is 19.2 Å². The van der Waals surface area contributed by atoms with Gasteiger partial charge >= 0.3 is 5.97 Å². The van der Waals surface area contributed by atoms with Gasteiger partial charge in [0.25, 0.3) is 0 Å². The summed E-state index contributed by atoms with van der Waals surface area (Å²) in [5.74, 6) is 1.41. The van der Waals surface area contributed by atoms with E-state index in [1.165, 1.54) is 7.11 Å². The summed E-state index contributed by atoms with van der Waals surface area (Å²) < 4.78 is 4.85. The summed E-state index contributed by atoms with van der Waals surface area (Å²) in [6.45, 7) is 2.98. The van der Waals surface area contributed by atoms with E-state index in [1.54, 1.807) is 12.3 Å². The van der Waals surface area contributed by atoms with Crippen LogP contribution in [0.1, 0.15) is 12.1 Å². The molecule has 0 spiro atoms. The zero-order chi connectivity index (χ0) is 17.1. The Labute approximate surface area is 139 Å². The smallest absolute Gasteiger partial charge is 0.310 e. The van der Waals surface area contributed by atoms with Crippen molar-refractivity contribution in [2.45, 2.75) is 19.4 Å². The fourth-order valence-corrected chi connectivity index (χ4v) is 2.86. The van der Waals surface area contributed by atoms with Crippen molar-refractivity contribution in [2.75, 3.05) is 30.4 Å². The Morgan fingerprint density at radius 1 is 1.46 bits per heavy atom. The molecule has 4 N–H and O–H groups in total. The molecular formula is C15H21N7O2. The average Bonchev–Trinajstić information content (AvgIpc) is 3.06. The van der Waals surface area contributed by atoms with Crippen molar-refractivity contribution in [1.82, 2.24) is 20.2 Å². The largest absolute Gasteiger partial charge is 0.469 e. The molecule has 0 aliphatic carbocycles. The molecule has 2 atom stereocenters. The Balaban J connectivity index is 1.82. The highest BCUT2D eigenvalue weighted by atomic mass is 16.5. The minimum atomic E-state index is -0.271. The number of carbonyl (C=O) groups is 1. The van der Waals surface area contributed by atoms with E-state index in [4.69, 9.17) is 10.5 Å². The second-order valence-electron chi connectivity index (χ2n) is 5.91. The molecule has 0 amide bonds. The zero-order valence-electron chi connectivity index (χ0n) is 13.7. The number of esters is 1. The van der Waals surface area contributed by atoms with Gasteiger partial charge in [-0.2, -0.15) is 10.1 Å².